The van der Waals surface area contributed by atoms with Gasteiger partial charge in [-0.1, -0.05) is 71.6 Å². The maximum Gasteiger partial charge on any atom is 0.0664 e. The Labute approximate surface area is 115 Å². The van der Waals surface area contributed by atoms with Crippen LogP contribution >= 0.6 is 0 Å². The molecule has 110 valence electrons. The largest absolute Gasteiger partial charge is 0.392 e. The molecule has 0 aromatic carbocycles. The molecule has 18 heavy (non-hydrogen) atoms. The molecule has 0 spiro atoms. The van der Waals surface area contributed by atoms with Crippen molar-refractivity contribution in [2.45, 2.75) is 90.6 Å². The molecule has 1 atom stereocenters. The number of aliphatic hydroxyl groups is 1. The standard InChI is InChI=1S/C16H35NO/c1-3-5-7-8-9-10-11-12-13-16(18)15-17-14-6-4-2/h16-18H,3-15H2,1-2H3. The summed E-state index contributed by atoms with van der Waals surface area (Å²) in [4.78, 5) is 0. The van der Waals surface area contributed by atoms with E-state index in [-0.39, 0.29) is 6.10 Å². The Morgan fingerprint density at radius 3 is 1.94 bits per heavy atom. The molecule has 2 N–H and O–H groups in total. The summed E-state index contributed by atoms with van der Waals surface area (Å²) >= 11 is 0. The summed E-state index contributed by atoms with van der Waals surface area (Å²) < 4.78 is 0. The molecule has 0 aromatic heterocycles. The van der Waals surface area contributed by atoms with E-state index in [0.717, 1.165) is 19.5 Å². The van der Waals surface area contributed by atoms with Gasteiger partial charge in [0.25, 0.3) is 0 Å². The zero-order valence-corrected chi connectivity index (χ0v) is 12.7. The molecule has 0 aliphatic heterocycles. The fourth-order valence-electron chi connectivity index (χ4n) is 2.19. The van der Waals surface area contributed by atoms with Gasteiger partial charge >= 0.3 is 0 Å². The third-order valence-electron chi connectivity index (χ3n) is 3.48. The number of hydrogen-bond donors (Lipinski definition) is 2. The molecular weight excluding hydrogens is 222 g/mol. The average Bonchev–Trinajstić information content (AvgIpc) is 2.38. The maximum absolute atomic E-state index is 9.76. The van der Waals surface area contributed by atoms with Crippen LogP contribution in [0.25, 0.3) is 0 Å². The van der Waals surface area contributed by atoms with Gasteiger partial charge in [0, 0.05) is 6.54 Å². The average molecular weight is 257 g/mol. The summed E-state index contributed by atoms with van der Waals surface area (Å²) in [5.74, 6) is 0. The Morgan fingerprint density at radius 1 is 0.778 bits per heavy atom. The lowest BCUT2D eigenvalue weighted by molar-refractivity contribution is 0.158. The highest BCUT2D eigenvalue weighted by Crippen LogP contribution is 2.10. The van der Waals surface area contributed by atoms with Crippen LogP contribution in [0.1, 0.15) is 84.5 Å². The van der Waals surface area contributed by atoms with Gasteiger partial charge in [-0.15, -0.1) is 0 Å². The number of hydrogen-bond acceptors (Lipinski definition) is 2. The minimum atomic E-state index is -0.137. The van der Waals surface area contributed by atoms with E-state index in [2.05, 4.69) is 19.2 Å². The van der Waals surface area contributed by atoms with Gasteiger partial charge in [0.05, 0.1) is 6.10 Å². The van der Waals surface area contributed by atoms with E-state index >= 15 is 0 Å². The van der Waals surface area contributed by atoms with E-state index in [1.54, 1.807) is 0 Å². The van der Waals surface area contributed by atoms with Crippen molar-refractivity contribution in [2.75, 3.05) is 13.1 Å². The predicted octanol–water partition coefficient (Wildman–Crippen LogP) is 4.27. The van der Waals surface area contributed by atoms with Gasteiger partial charge < -0.3 is 10.4 Å². The van der Waals surface area contributed by atoms with Gasteiger partial charge in [0.1, 0.15) is 0 Å². The van der Waals surface area contributed by atoms with E-state index in [1.165, 1.54) is 64.2 Å². The van der Waals surface area contributed by atoms with E-state index in [4.69, 9.17) is 0 Å². The fraction of sp³-hybridized carbons (Fsp3) is 1.00. The van der Waals surface area contributed by atoms with E-state index in [0.29, 0.717) is 0 Å². The van der Waals surface area contributed by atoms with Crippen LogP contribution in [0.15, 0.2) is 0 Å². The predicted molar refractivity (Wildman–Crippen MR) is 81.0 cm³/mol. The van der Waals surface area contributed by atoms with Crippen molar-refractivity contribution in [1.29, 1.82) is 0 Å². The highest BCUT2D eigenvalue weighted by molar-refractivity contribution is 4.60. The molecular formula is C16H35NO. The lowest BCUT2D eigenvalue weighted by atomic mass is 10.1. The van der Waals surface area contributed by atoms with E-state index < -0.39 is 0 Å². The number of rotatable bonds is 14. The first-order valence-corrected chi connectivity index (χ1v) is 8.20. The molecule has 0 aromatic rings. The first-order chi connectivity index (χ1) is 8.81. The monoisotopic (exact) mass is 257 g/mol. The smallest absolute Gasteiger partial charge is 0.0664 e. The lowest BCUT2D eigenvalue weighted by Crippen LogP contribution is -2.27. The van der Waals surface area contributed by atoms with E-state index in [9.17, 15) is 5.11 Å². The van der Waals surface area contributed by atoms with Crippen LogP contribution in [-0.2, 0) is 0 Å². The summed E-state index contributed by atoms with van der Waals surface area (Å²) in [7, 11) is 0. The summed E-state index contributed by atoms with van der Waals surface area (Å²) in [5, 5.41) is 13.1. The topological polar surface area (TPSA) is 32.3 Å². The van der Waals surface area contributed by atoms with Gasteiger partial charge in [-0.05, 0) is 19.4 Å². The van der Waals surface area contributed by atoms with Crippen molar-refractivity contribution in [2.24, 2.45) is 0 Å². The third kappa shape index (κ3) is 14.0. The van der Waals surface area contributed by atoms with Crippen molar-refractivity contribution in [3.63, 3.8) is 0 Å². The SMILES string of the molecule is CCCCCCCCCCC(O)CNCCCC. The van der Waals surface area contributed by atoms with Crippen LogP contribution in [0.4, 0.5) is 0 Å². The van der Waals surface area contributed by atoms with Crippen LogP contribution < -0.4 is 5.32 Å². The van der Waals surface area contributed by atoms with Crippen LogP contribution in [-0.4, -0.2) is 24.3 Å². The van der Waals surface area contributed by atoms with Gasteiger partial charge in [0.15, 0.2) is 0 Å². The Bertz CT molecular complexity index is 150. The Kier molecular flexibility index (Phi) is 14.9. The molecule has 2 nitrogen and oxygen atoms in total. The highest BCUT2D eigenvalue weighted by Gasteiger charge is 2.02. The van der Waals surface area contributed by atoms with Crippen molar-refractivity contribution in [3.05, 3.63) is 0 Å². The van der Waals surface area contributed by atoms with Crippen molar-refractivity contribution < 1.29 is 5.11 Å². The quantitative estimate of drug-likeness (QED) is 0.456. The normalized spacial score (nSPS) is 12.8. The molecule has 0 rings (SSSR count). The van der Waals surface area contributed by atoms with Crippen LogP contribution in [0.2, 0.25) is 0 Å². The molecule has 0 aliphatic carbocycles. The Hall–Kier alpha value is -0.0800. The van der Waals surface area contributed by atoms with Crippen molar-refractivity contribution >= 4 is 0 Å². The molecule has 0 bridgehead atoms. The second-order valence-electron chi connectivity index (χ2n) is 5.48. The van der Waals surface area contributed by atoms with Gasteiger partial charge in [0.2, 0.25) is 0 Å². The third-order valence-corrected chi connectivity index (χ3v) is 3.48. The summed E-state index contributed by atoms with van der Waals surface area (Å²) in [5.41, 5.74) is 0. The molecule has 0 heterocycles. The molecule has 0 saturated carbocycles. The first kappa shape index (κ1) is 17.9. The molecule has 0 fully saturated rings. The molecule has 2 heteroatoms. The van der Waals surface area contributed by atoms with E-state index in [1.807, 2.05) is 0 Å². The molecule has 0 aliphatic rings. The minimum Gasteiger partial charge on any atom is -0.392 e. The Morgan fingerprint density at radius 2 is 1.33 bits per heavy atom. The first-order valence-electron chi connectivity index (χ1n) is 8.20. The van der Waals surface area contributed by atoms with Crippen LogP contribution in [0.3, 0.4) is 0 Å². The summed E-state index contributed by atoms with van der Waals surface area (Å²) in [6, 6.07) is 0. The summed E-state index contributed by atoms with van der Waals surface area (Å²) in [6.45, 7) is 6.27. The second kappa shape index (κ2) is 15.0. The highest BCUT2D eigenvalue weighted by atomic mass is 16.3. The van der Waals surface area contributed by atoms with Gasteiger partial charge in [-0.25, -0.2) is 0 Å². The zero-order valence-electron chi connectivity index (χ0n) is 12.7. The minimum absolute atomic E-state index is 0.137. The second-order valence-corrected chi connectivity index (χ2v) is 5.48. The zero-order chi connectivity index (χ0) is 13.5. The lowest BCUT2D eigenvalue weighted by Gasteiger charge is -2.11. The van der Waals surface area contributed by atoms with Gasteiger partial charge in [-0.2, -0.15) is 0 Å². The summed E-state index contributed by atoms with van der Waals surface area (Å²) in [6.07, 6.45) is 14.0. The number of unbranched alkanes of at least 4 members (excludes halogenated alkanes) is 8. The molecule has 0 radical (unpaired) electrons. The number of aliphatic hydroxyl groups excluding tert-OH is 1. The molecule has 1 unspecified atom stereocenters. The maximum atomic E-state index is 9.76. The van der Waals surface area contributed by atoms with Crippen LogP contribution in [0.5, 0.6) is 0 Å². The van der Waals surface area contributed by atoms with Gasteiger partial charge in [-0.3, -0.25) is 0 Å². The Balaban J connectivity index is 3.08. The van der Waals surface area contributed by atoms with Crippen LogP contribution in [0, 0.1) is 0 Å². The fourth-order valence-corrected chi connectivity index (χ4v) is 2.19. The van der Waals surface area contributed by atoms with Crippen molar-refractivity contribution in [1.82, 2.24) is 5.32 Å². The number of nitrogens with one attached hydrogen (secondary N) is 1. The molecule has 0 saturated heterocycles. The molecule has 0 amide bonds. The van der Waals surface area contributed by atoms with Crippen molar-refractivity contribution in [3.8, 4) is 0 Å².